The van der Waals surface area contributed by atoms with Crippen LogP contribution in [0.2, 0.25) is 0 Å². The third kappa shape index (κ3) is 6.51. The van der Waals surface area contributed by atoms with Gasteiger partial charge in [0.25, 0.3) is 0 Å². The summed E-state index contributed by atoms with van der Waals surface area (Å²) in [4.78, 5) is 32.3. The van der Waals surface area contributed by atoms with E-state index in [4.69, 9.17) is 0 Å². The zero-order valence-electron chi connectivity index (χ0n) is 18.9. The molecule has 32 heavy (non-hydrogen) atoms. The number of anilines is 1. The van der Waals surface area contributed by atoms with Gasteiger partial charge >= 0.3 is 11.8 Å². The van der Waals surface area contributed by atoms with E-state index in [9.17, 15) is 14.0 Å². The molecular formula is C23H32FN5O2S. The molecule has 174 valence electrons. The third-order valence-corrected chi connectivity index (χ3v) is 6.56. The zero-order chi connectivity index (χ0) is 23.1. The van der Waals surface area contributed by atoms with Gasteiger partial charge in [-0.3, -0.25) is 14.5 Å². The van der Waals surface area contributed by atoms with E-state index in [0.717, 1.165) is 36.7 Å². The third-order valence-electron chi connectivity index (χ3n) is 5.62. The van der Waals surface area contributed by atoms with Crippen LogP contribution in [-0.4, -0.2) is 81.0 Å². The minimum Gasteiger partial charge on any atom is -0.369 e. The standard InChI is InChI=1S/C23H32FN5O2S/c1-17(26-23(31)22(30)25-10-11-27(2)3)21(20-5-4-16-32-20)29-14-12-28(13-15-29)19-8-6-18(24)7-9-19/h4-9,16-17,21H,10-15H2,1-3H3,(H,25,30)(H,26,31). The van der Waals surface area contributed by atoms with Crippen molar-refractivity contribution in [2.75, 3.05) is 58.3 Å². The number of likely N-dealkylation sites (N-methyl/N-ethyl adjacent to an activating group) is 1. The Morgan fingerprint density at radius 3 is 2.38 bits per heavy atom. The van der Waals surface area contributed by atoms with Crippen LogP contribution in [0, 0.1) is 5.82 Å². The Balaban J connectivity index is 1.61. The lowest BCUT2D eigenvalue weighted by Crippen LogP contribution is -2.54. The monoisotopic (exact) mass is 461 g/mol. The smallest absolute Gasteiger partial charge is 0.309 e. The van der Waals surface area contributed by atoms with Crippen LogP contribution in [0.1, 0.15) is 17.8 Å². The minimum absolute atomic E-state index is 0.0242. The van der Waals surface area contributed by atoms with Crippen molar-refractivity contribution in [1.29, 1.82) is 0 Å². The highest BCUT2D eigenvalue weighted by atomic mass is 32.1. The van der Waals surface area contributed by atoms with E-state index in [1.165, 1.54) is 12.1 Å². The maximum Gasteiger partial charge on any atom is 0.309 e. The van der Waals surface area contributed by atoms with Crippen LogP contribution in [0.3, 0.4) is 0 Å². The van der Waals surface area contributed by atoms with Crippen molar-refractivity contribution in [3.8, 4) is 0 Å². The summed E-state index contributed by atoms with van der Waals surface area (Å²) in [5.41, 5.74) is 1.01. The van der Waals surface area contributed by atoms with E-state index in [-0.39, 0.29) is 17.9 Å². The Bertz CT molecular complexity index is 867. The molecule has 0 radical (unpaired) electrons. The highest BCUT2D eigenvalue weighted by Crippen LogP contribution is 2.30. The van der Waals surface area contributed by atoms with Crippen molar-refractivity contribution in [3.05, 3.63) is 52.5 Å². The summed E-state index contributed by atoms with van der Waals surface area (Å²) in [6, 6.07) is 10.4. The lowest BCUT2D eigenvalue weighted by molar-refractivity contribution is -0.139. The van der Waals surface area contributed by atoms with Gasteiger partial charge in [-0.25, -0.2) is 4.39 Å². The molecule has 2 N–H and O–H groups in total. The van der Waals surface area contributed by atoms with E-state index in [1.807, 2.05) is 37.4 Å². The molecule has 0 bridgehead atoms. The summed E-state index contributed by atoms with van der Waals surface area (Å²) in [6.45, 7) is 6.25. The number of piperazine rings is 1. The van der Waals surface area contributed by atoms with Gasteiger partial charge in [-0.15, -0.1) is 11.3 Å². The van der Waals surface area contributed by atoms with E-state index >= 15 is 0 Å². The number of carbonyl (C=O) groups is 2. The lowest BCUT2D eigenvalue weighted by atomic mass is 10.0. The average Bonchev–Trinajstić information content (AvgIpc) is 3.29. The molecule has 2 heterocycles. The molecule has 0 saturated carbocycles. The van der Waals surface area contributed by atoms with Crippen molar-refractivity contribution >= 4 is 28.8 Å². The maximum absolute atomic E-state index is 13.2. The average molecular weight is 462 g/mol. The number of benzene rings is 1. The highest BCUT2D eigenvalue weighted by molar-refractivity contribution is 7.10. The number of rotatable bonds is 8. The minimum atomic E-state index is -0.609. The van der Waals surface area contributed by atoms with Crippen LogP contribution in [0.15, 0.2) is 41.8 Å². The first-order chi connectivity index (χ1) is 15.3. The summed E-state index contributed by atoms with van der Waals surface area (Å²) < 4.78 is 13.2. The van der Waals surface area contributed by atoms with Gasteiger partial charge in [-0.1, -0.05) is 6.07 Å². The summed E-state index contributed by atoms with van der Waals surface area (Å²) in [6.07, 6.45) is 0. The molecule has 2 aromatic rings. The van der Waals surface area contributed by atoms with Crippen LogP contribution < -0.4 is 15.5 Å². The molecule has 1 fully saturated rings. The predicted molar refractivity (Wildman–Crippen MR) is 126 cm³/mol. The fourth-order valence-electron chi connectivity index (χ4n) is 3.94. The fraction of sp³-hybridized carbons (Fsp3) is 0.478. The molecular weight excluding hydrogens is 429 g/mol. The fourth-order valence-corrected chi connectivity index (χ4v) is 4.90. The maximum atomic E-state index is 13.2. The number of nitrogens with zero attached hydrogens (tertiary/aromatic N) is 3. The quantitative estimate of drug-likeness (QED) is 0.588. The van der Waals surface area contributed by atoms with Crippen molar-refractivity contribution in [1.82, 2.24) is 20.4 Å². The second-order valence-corrected chi connectivity index (χ2v) is 9.26. The number of carbonyl (C=O) groups excluding carboxylic acids is 2. The molecule has 3 rings (SSSR count). The molecule has 2 unspecified atom stereocenters. The molecule has 1 aliphatic heterocycles. The Morgan fingerprint density at radius 2 is 1.78 bits per heavy atom. The topological polar surface area (TPSA) is 67.9 Å². The molecule has 9 heteroatoms. The van der Waals surface area contributed by atoms with Gasteiger partial charge in [0.2, 0.25) is 0 Å². The number of hydrogen-bond acceptors (Lipinski definition) is 6. The second-order valence-electron chi connectivity index (χ2n) is 8.28. The molecule has 2 atom stereocenters. The Kier molecular flexibility index (Phi) is 8.60. The SMILES string of the molecule is CC(NC(=O)C(=O)NCCN(C)C)C(c1cccs1)N1CCN(c2ccc(F)cc2)CC1. The highest BCUT2D eigenvalue weighted by Gasteiger charge is 2.31. The van der Waals surface area contributed by atoms with E-state index in [2.05, 4.69) is 26.5 Å². The van der Waals surface area contributed by atoms with Gasteiger partial charge in [0.05, 0.1) is 6.04 Å². The molecule has 7 nitrogen and oxygen atoms in total. The van der Waals surface area contributed by atoms with Crippen LogP contribution in [0.5, 0.6) is 0 Å². The first kappa shape index (κ1) is 24.2. The van der Waals surface area contributed by atoms with Gasteiger partial charge in [0, 0.05) is 55.9 Å². The Morgan fingerprint density at radius 1 is 1.09 bits per heavy atom. The van der Waals surface area contributed by atoms with Crippen LogP contribution in [0.4, 0.5) is 10.1 Å². The molecule has 1 saturated heterocycles. The van der Waals surface area contributed by atoms with Crippen molar-refractivity contribution in [2.24, 2.45) is 0 Å². The predicted octanol–water partition coefficient (Wildman–Crippen LogP) is 1.93. The van der Waals surface area contributed by atoms with Crippen molar-refractivity contribution < 1.29 is 14.0 Å². The van der Waals surface area contributed by atoms with Crippen molar-refractivity contribution in [2.45, 2.75) is 19.0 Å². The first-order valence-corrected chi connectivity index (χ1v) is 11.7. The van der Waals surface area contributed by atoms with E-state index < -0.39 is 11.8 Å². The summed E-state index contributed by atoms with van der Waals surface area (Å²) in [5.74, 6) is -1.45. The molecule has 0 spiro atoms. The molecule has 1 aliphatic rings. The zero-order valence-corrected chi connectivity index (χ0v) is 19.7. The normalized spacial score (nSPS) is 16.6. The molecule has 0 aliphatic carbocycles. The van der Waals surface area contributed by atoms with Gasteiger partial charge in [-0.05, 0) is 56.7 Å². The van der Waals surface area contributed by atoms with Crippen LogP contribution in [0.25, 0.3) is 0 Å². The summed E-state index contributed by atoms with van der Waals surface area (Å²) in [5, 5.41) is 7.59. The number of hydrogen-bond donors (Lipinski definition) is 2. The first-order valence-electron chi connectivity index (χ1n) is 10.9. The van der Waals surface area contributed by atoms with Gasteiger partial charge in [-0.2, -0.15) is 0 Å². The number of thiophene rings is 1. The van der Waals surface area contributed by atoms with Gasteiger partial charge in [0.15, 0.2) is 0 Å². The van der Waals surface area contributed by atoms with Crippen LogP contribution in [-0.2, 0) is 9.59 Å². The summed E-state index contributed by atoms with van der Waals surface area (Å²) >= 11 is 1.65. The number of nitrogens with one attached hydrogen (secondary N) is 2. The van der Waals surface area contributed by atoms with Gasteiger partial charge in [0.1, 0.15) is 5.82 Å². The number of halogens is 1. The summed E-state index contributed by atoms with van der Waals surface area (Å²) in [7, 11) is 3.82. The van der Waals surface area contributed by atoms with Crippen molar-refractivity contribution in [3.63, 3.8) is 0 Å². The Labute approximate surface area is 193 Å². The molecule has 1 aromatic carbocycles. The second kappa shape index (κ2) is 11.4. The Hall–Kier alpha value is -2.49. The van der Waals surface area contributed by atoms with Crippen LogP contribution >= 0.6 is 11.3 Å². The molecule has 2 amide bonds. The van der Waals surface area contributed by atoms with E-state index in [0.29, 0.717) is 13.1 Å². The number of amides is 2. The molecule has 1 aromatic heterocycles. The largest absolute Gasteiger partial charge is 0.369 e. The van der Waals surface area contributed by atoms with E-state index in [1.54, 1.807) is 23.5 Å². The van der Waals surface area contributed by atoms with Gasteiger partial charge < -0.3 is 20.4 Å². The lowest BCUT2D eigenvalue weighted by Gasteiger charge is -2.42.